The van der Waals surface area contributed by atoms with Crippen LogP contribution >= 0.6 is 11.3 Å². The minimum absolute atomic E-state index is 0.0849. The third-order valence-electron chi connectivity index (χ3n) is 2.38. The second kappa shape index (κ2) is 6.90. The summed E-state index contributed by atoms with van der Waals surface area (Å²) in [4.78, 5) is 1.33. The van der Waals surface area contributed by atoms with Gasteiger partial charge in [-0.3, -0.25) is 0 Å². The standard InChI is InChI=1S/C12H18N2O2S2/c1-4-6-13-9-11-8-12(10-17-11)18(15,16)14(3)7-5-2/h2,8,10,13H,4,6-7,9H2,1,3H3. The molecule has 0 bridgehead atoms. The van der Waals surface area contributed by atoms with E-state index in [2.05, 4.69) is 18.2 Å². The lowest BCUT2D eigenvalue weighted by atomic mass is 10.4. The SMILES string of the molecule is C#CCN(C)S(=O)(=O)c1csc(CNCCC)c1. The van der Waals surface area contributed by atoms with Crippen LogP contribution < -0.4 is 5.32 Å². The van der Waals surface area contributed by atoms with Crippen LogP contribution in [0.1, 0.15) is 18.2 Å². The average Bonchev–Trinajstić information content (AvgIpc) is 2.79. The van der Waals surface area contributed by atoms with Gasteiger partial charge in [-0.2, -0.15) is 4.31 Å². The maximum absolute atomic E-state index is 12.1. The first kappa shape index (κ1) is 15.2. The Morgan fingerprint density at radius 1 is 1.56 bits per heavy atom. The van der Waals surface area contributed by atoms with Gasteiger partial charge in [-0.25, -0.2) is 8.42 Å². The Kier molecular flexibility index (Phi) is 5.82. The highest BCUT2D eigenvalue weighted by atomic mass is 32.2. The van der Waals surface area contributed by atoms with Crippen LogP contribution in [0, 0.1) is 12.3 Å². The molecule has 0 saturated heterocycles. The van der Waals surface area contributed by atoms with Gasteiger partial charge in [0.15, 0.2) is 0 Å². The topological polar surface area (TPSA) is 49.4 Å². The number of thiophene rings is 1. The number of nitrogens with zero attached hydrogens (tertiary/aromatic N) is 1. The minimum atomic E-state index is -3.44. The Hall–Kier alpha value is -0.870. The van der Waals surface area contributed by atoms with Crippen LogP contribution in [-0.2, 0) is 16.6 Å². The lowest BCUT2D eigenvalue weighted by Gasteiger charge is -2.12. The Labute approximate surface area is 113 Å². The summed E-state index contributed by atoms with van der Waals surface area (Å²) in [6.07, 6.45) is 6.18. The van der Waals surface area contributed by atoms with Gasteiger partial charge in [-0.05, 0) is 19.0 Å². The van der Waals surface area contributed by atoms with Crippen molar-refractivity contribution in [1.29, 1.82) is 0 Å². The van der Waals surface area contributed by atoms with Crippen molar-refractivity contribution in [3.63, 3.8) is 0 Å². The molecule has 0 aliphatic heterocycles. The highest BCUT2D eigenvalue weighted by Crippen LogP contribution is 2.21. The highest BCUT2D eigenvalue weighted by molar-refractivity contribution is 7.89. The molecule has 0 radical (unpaired) electrons. The molecule has 1 heterocycles. The van der Waals surface area contributed by atoms with Crippen LogP contribution in [0.4, 0.5) is 0 Å². The summed E-state index contributed by atoms with van der Waals surface area (Å²) >= 11 is 1.44. The Balaban J connectivity index is 2.76. The predicted molar refractivity (Wildman–Crippen MR) is 75.0 cm³/mol. The van der Waals surface area contributed by atoms with E-state index in [1.54, 1.807) is 11.4 Å². The fourth-order valence-electron chi connectivity index (χ4n) is 1.37. The Bertz CT molecular complexity index is 514. The minimum Gasteiger partial charge on any atom is -0.312 e. The van der Waals surface area contributed by atoms with Crippen molar-refractivity contribution in [2.75, 3.05) is 20.1 Å². The molecule has 0 aliphatic carbocycles. The first-order valence-electron chi connectivity index (χ1n) is 5.70. The molecular formula is C12H18N2O2S2. The molecule has 1 rings (SSSR count). The molecule has 0 aromatic carbocycles. The number of rotatable bonds is 7. The van der Waals surface area contributed by atoms with E-state index in [-0.39, 0.29) is 6.54 Å². The Morgan fingerprint density at radius 3 is 2.89 bits per heavy atom. The number of hydrogen-bond acceptors (Lipinski definition) is 4. The van der Waals surface area contributed by atoms with Crippen LogP contribution in [0.5, 0.6) is 0 Å². The molecule has 0 spiro atoms. The molecule has 0 unspecified atom stereocenters. The smallest absolute Gasteiger partial charge is 0.244 e. The van der Waals surface area contributed by atoms with E-state index in [9.17, 15) is 8.42 Å². The highest BCUT2D eigenvalue weighted by Gasteiger charge is 2.21. The fourth-order valence-corrected chi connectivity index (χ4v) is 3.69. The van der Waals surface area contributed by atoms with Crippen molar-refractivity contribution in [2.24, 2.45) is 0 Å². The second-order valence-corrected chi connectivity index (χ2v) is 6.93. The van der Waals surface area contributed by atoms with Gasteiger partial charge in [0.1, 0.15) is 0 Å². The third kappa shape index (κ3) is 3.82. The first-order chi connectivity index (χ1) is 8.52. The molecule has 1 aromatic rings. The Morgan fingerprint density at radius 2 is 2.28 bits per heavy atom. The quantitative estimate of drug-likeness (QED) is 0.610. The van der Waals surface area contributed by atoms with Gasteiger partial charge in [-0.1, -0.05) is 12.8 Å². The number of terminal acetylenes is 1. The lowest BCUT2D eigenvalue weighted by Crippen LogP contribution is -2.26. The molecule has 0 saturated carbocycles. The van der Waals surface area contributed by atoms with Crippen molar-refractivity contribution in [3.05, 3.63) is 16.3 Å². The van der Waals surface area contributed by atoms with Gasteiger partial charge in [0.05, 0.1) is 11.4 Å². The number of hydrogen-bond donors (Lipinski definition) is 1. The van der Waals surface area contributed by atoms with Gasteiger partial charge in [0.2, 0.25) is 10.0 Å². The molecule has 4 nitrogen and oxygen atoms in total. The van der Waals surface area contributed by atoms with Crippen LogP contribution in [0.2, 0.25) is 0 Å². The summed E-state index contributed by atoms with van der Waals surface area (Å²) in [5, 5.41) is 4.90. The van der Waals surface area contributed by atoms with Crippen molar-refractivity contribution < 1.29 is 8.42 Å². The van der Waals surface area contributed by atoms with E-state index in [1.807, 2.05) is 0 Å². The molecule has 100 valence electrons. The van der Waals surface area contributed by atoms with Gasteiger partial charge < -0.3 is 5.32 Å². The zero-order chi connectivity index (χ0) is 13.6. The number of nitrogens with one attached hydrogen (secondary N) is 1. The van der Waals surface area contributed by atoms with Crippen LogP contribution in [0.25, 0.3) is 0 Å². The first-order valence-corrected chi connectivity index (χ1v) is 8.02. The molecule has 1 N–H and O–H groups in total. The summed E-state index contributed by atoms with van der Waals surface area (Å²) in [5.74, 6) is 2.33. The van der Waals surface area contributed by atoms with Crippen molar-refractivity contribution >= 4 is 21.4 Å². The van der Waals surface area contributed by atoms with Gasteiger partial charge in [0, 0.05) is 23.8 Å². The maximum atomic E-state index is 12.1. The zero-order valence-electron chi connectivity index (χ0n) is 10.6. The molecule has 0 fully saturated rings. The summed E-state index contributed by atoms with van der Waals surface area (Å²) in [6.45, 7) is 3.80. The van der Waals surface area contributed by atoms with E-state index < -0.39 is 10.0 Å². The molecule has 0 aliphatic rings. The van der Waals surface area contributed by atoms with Gasteiger partial charge in [0.25, 0.3) is 0 Å². The van der Waals surface area contributed by atoms with Gasteiger partial charge in [-0.15, -0.1) is 17.8 Å². The molecule has 1 aromatic heterocycles. The van der Waals surface area contributed by atoms with Crippen LogP contribution in [0.3, 0.4) is 0 Å². The maximum Gasteiger partial charge on any atom is 0.244 e. The summed E-state index contributed by atoms with van der Waals surface area (Å²) in [5.41, 5.74) is 0. The van der Waals surface area contributed by atoms with E-state index in [4.69, 9.17) is 6.42 Å². The second-order valence-electron chi connectivity index (χ2n) is 3.89. The van der Waals surface area contributed by atoms with E-state index in [0.29, 0.717) is 11.4 Å². The van der Waals surface area contributed by atoms with Crippen molar-refractivity contribution in [3.8, 4) is 12.3 Å². The monoisotopic (exact) mass is 286 g/mol. The lowest BCUT2D eigenvalue weighted by molar-refractivity contribution is 0.503. The average molecular weight is 286 g/mol. The molecular weight excluding hydrogens is 268 g/mol. The molecule has 6 heteroatoms. The largest absolute Gasteiger partial charge is 0.312 e. The van der Waals surface area contributed by atoms with E-state index >= 15 is 0 Å². The third-order valence-corrected chi connectivity index (χ3v) is 5.24. The predicted octanol–water partition coefficient (Wildman–Crippen LogP) is 1.50. The van der Waals surface area contributed by atoms with Crippen molar-refractivity contribution in [1.82, 2.24) is 9.62 Å². The molecule has 0 atom stereocenters. The van der Waals surface area contributed by atoms with E-state index in [0.717, 1.165) is 17.8 Å². The summed E-state index contributed by atoms with van der Waals surface area (Å²) in [6, 6.07) is 1.70. The van der Waals surface area contributed by atoms with Gasteiger partial charge >= 0.3 is 0 Å². The fraction of sp³-hybridized carbons (Fsp3) is 0.500. The summed E-state index contributed by atoms with van der Waals surface area (Å²) < 4.78 is 25.3. The molecule has 0 amide bonds. The summed E-state index contributed by atoms with van der Waals surface area (Å²) in [7, 11) is -1.95. The van der Waals surface area contributed by atoms with Crippen LogP contribution in [-0.4, -0.2) is 32.9 Å². The normalized spacial score (nSPS) is 11.7. The number of sulfonamides is 1. The van der Waals surface area contributed by atoms with Crippen LogP contribution in [0.15, 0.2) is 16.3 Å². The zero-order valence-corrected chi connectivity index (χ0v) is 12.3. The van der Waals surface area contributed by atoms with E-state index in [1.165, 1.54) is 22.7 Å². The van der Waals surface area contributed by atoms with Crippen molar-refractivity contribution in [2.45, 2.75) is 24.8 Å². The molecule has 18 heavy (non-hydrogen) atoms.